The number of rotatable bonds is 4. The molecule has 3 aliphatic rings. The molecule has 0 aromatic rings. The summed E-state index contributed by atoms with van der Waals surface area (Å²) in [6.07, 6.45) is -11.6. The first-order valence-electron chi connectivity index (χ1n) is 8.77. The van der Waals surface area contributed by atoms with Crippen LogP contribution < -0.4 is 0 Å². The number of alkyl halides is 6. The van der Waals surface area contributed by atoms with Crippen LogP contribution >= 0.6 is 0 Å². The molecule has 0 amide bonds. The Morgan fingerprint density at radius 3 is 1.00 bits per heavy atom. The van der Waals surface area contributed by atoms with Gasteiger partial charge in [0.15, 0.2) is 11.6 Å². The van der Waals surface area contributed by atoms with Gasteiger partial charge in [0.05, 0.1) is 0 Å². The number of hydrogen-bond donors (Lipinski definition) is 0. The van der Waals surface area contributed by atoms with E-state index >= 15 is 0 Å². The number of fused-ring (bicyclic) bond motifs is 2. The van der Waals surface area contributed by atoms with Crippen molar-refractivity contribution in [3.63, 3.8) is 0 Å². The van der Waals surface area contributed by atoms with E-state index in [9.17, 15) is 43.2 Å². The molecule has 2 aliphatic heterocycles. The molecule has 0 aromatic carbocycles. The van der Waals surface area contributed by atoms with Gasteiger partial charge in [-0.15, -0.1) is 0 Å². The zero-order valence-corrected chi connectivity index (χ0v) is 18.3. The molecule has 18 heteroatoms. The second kappa shape index (κ2) is 7.37. The van der Waals surface area contributed by atoms with Gasteiger partial charge in [0.2, 0.25) is 0 Å². The molecular weight excluding hydrogens is 506 g/mol. The highest BCUT2D eigenvalue weighted by Gasteiger charge is 2.68. The Morgan fingerprint density at radius 1 is 0.594 bits per heavy atom. The first-order valence-corrected chi connectivity index (χ1v) is 11.6. The lowest BCUT2D eigenvalue weighted by Crippen LogP contribution is -2.64. The Morgan fingerprint density at radius 2 is 0.812 bits per heavy atom. The minimum atomic E-state index is -6.24. The molecule has 3 rings (SSSR count). The fourth-order valence-corrected chi connectivity index (χ4v) is 4.89. The van der Waals surface area contributed by atoms with Crippen molar-refractivity contribution in [1.82, 2.24) is 0 Å². The summed E-state index contributed by atoms with van der Waals surface area (Å²) in [5.41, 5.74) is -11.7. The zero-order chi connectivity index (χ0) is 24.7. The minimum Gasteiger partial charge on any atom is -0.342 e. The lowest BCUT2D eigenvalue weighted by molar-refractivity contribution is -0.181. The molecule has 6 atom stereocenters. The van der Waals surface area contributed by atoms with Crippen LogP contribution in [-0.4, -0.2) is 76.1 Å². The van der Waals surface area contributed by atoms with E-state index in [4.69, 9.17) is 18.9 Å². The maximum Gasteiger partial charge on any atom is 0.523 e. The first-order chi connectivity index (χ1) is 14.1. The number of halogens is 6. The van der Waals surface area contributed by atoms with E-state index in [1.54, 1.807) is 0 Å². The van der Waals surface area contributed by atoms with E-state index in [0.29, 0.717) is 0 Å². The number of hydrogen-bond acceptors (Lipinski definition) is 10. The molecule has 2 heterocycles. The van der Waals surface area contributed by atoms with E-state index in [0.717, 1.165) is 0 Å². The monoisotopic (exact) mass is 524 g/mol. The van der Waals surface area contributed by atoms with Gasteiger partial charge < -0.3 is 18.9 Å². The summed E-state index contributed by atoms with van der Waals surface area (Å²) in [4.78, 5) is 0. The highest BCUT2D eigenvalue weighted by Crippen LogP contribution is 2.48. The van der Waals surface area contributed by atoms with Gasteiger partial charge in [-0.2, -0.15) is 43.2 Å². The van der Waals surface area contributed by atoms with Crippen LogP contribution in [0.1, 0.15) is 27.7 Å². The molecule has 0 N–H and O–H groups in total. The third-order valence-electron chi connectivity index (χ3n) is 4.66. The van der Waals surface area contributed by atoms with Gasteiger partial charge >= 0.3 is 31.3 Å². The Balaban J connectivity index is 2.07. The van der Waals surface area contributed by atoms with Gasteiger partial charge in [-0.05, 0) is 27.7 Å². The fraction of sp³-hybridized carbons (Fsp3) is 1.00. The second-order valence-electron chi connectivity index (χ2n) is 8.05. The van der Waals surface area contributed by atoms with Gasteiger partial charge in [0.25, 0.3) is 0 Å². The molecule has 188 valence electrons. The summed E-state index contributed by atoms with van der Waals surface area (Å²) in [6, 6.07) is 0. The van der Waals surface area contributed by atoms with Crippen molar-refractivity contribution < 1.29 is 70.5 Å². The van der Waals surface area contributed by atoms with Crippen molar-refractivity contribution in [3.8, 4) is 0 Å². The van der Waals surface area contributed by atoms with Crippen LogP contribution in [0.4, 0.5) is 26.3 Å². The summed E-state index contributed by atoms with van der Waals surface area (Å²) in [5, 5.41) is 0. The van der Waals surface area contributed by atoms with Gasteiger partial charge in [0, 0.05) is 0 Å². The van der Waals surface area contributed by atoms with E-state index < -0.39 is 79.5 Å². The Labute approximate surface area is 178 Å². The fourth-order valence-electron chi connectivity index (χ4n) is 3.65. The highest BCUT2D eigenvalue weighted by atomic mass is 32.2. The molecule has 1 saturated carbocycles. The van der Waals surface area contributed by atoms with Gasteiger partial charge in [-0.3, -0.25) is 8.37 Å². The smallest absolute Gasteiger partial charge is 0.342 e. The van der Waals surface area contributed by atoms with Crippen LogP contribution in [-0.2, 0) is 47.5 Å². The number of ether oxygens (including phenoxy) is 4. The van der Waals surface area contributed by atoms with Crippen molar-refractivity contribution in [2.75, 3.05) is 0 Å². The molecule has 0 aromatic heterocycles. The summed E-state index contributed by atoms with van der Waals surface area (Å²) < 4.78 is 154. The van der Waals surface area contributed by atoms with Crippen LogP contribution in [0.15, 0.2) is 0 Å². The van der Waals surface area contributed by atoms with Crippen LogP contribution in [0.2, 0.25) is 0 Å². The maximum atomic E-state index is 12.9. The minimum absolute atomic E-state index is 1.21. The average molecular weight is 524 g/mol. The van der Waals surface area contributed by atoms with Gasteiger partial charge in [0.1, 0.15) is 36.6 Å². The molecule has 3 fully saturated rings. The molecule has 2 saturated heterocycles. The zero-order valence-electron chi connectivity index (χ0n) is 16.6. The Hall–Kier alpha value is -0.760. The van der Waals surface area contributed by atoms with Crippen LogP contribution in [0.25, 0.3) is 0 Å². The predicted molar refractivity (Wildman–Crippen MR) is 87.3 cm³/mol. The molecule has 32 heavy (non-hydrogen) atoms. The first kappa shape index (κ1) is 25.9. The molecule has 1 aliphatic carbocycles. The molecule has 2 unspecified atom stereocenters. The standard InChI is InChI=1S/C14H18F6O10S2/c1-11(2)25-5-6(26-11)10(30-32(23,24)14(18,19)20)8-7(27-12(3,4)28-8)9(5)29-31(21,22)13(15,16)17/h5-10H,1-4H3/t5-,6-,7-,8+,9?,10?/m0/s1. The molecule has 10 nitrogen and oxygen atoms in total. The largest absolute Gasteiger partial charge is 0.523 e. The topological polar surface area (TPSA) is 124 Å². The summed E-state index contributed by atoms with van der Waals surface area (Å²) in [6.45, 7) is 4.82. The van der Waals surface area contributed by atoms with Crippen molar-refractivity contribution in [1.29, 1.82) is 0 Å². The molecular formula is C14H18F6O10S2. The van der Waals surface area contributed by atoms with E-state index in [1.807, 2.05) is 0 Å². The van der Waals surface area contributed by atoms with E-state index in [-0.39, 0.29) is 0 Å². The summed E-state index contributed by atoms with van der Waals surface area (Å²) in [7, 11) is -12.5. The third kappa shape index (κ3) is 4.59. The molecule has 0 spiro atoms. The quantitative estimate of drug-likeness (QED) is 0.304. The SMILES string of the molecule is CC1(C)O[C@@H]2C(OS(=O)(=O)C(F)(F)F)[C@H]3OC(C)(C)O[C@H]3C(OS(=O)(=O)C(F)(F)F)[C@H]2O1. The Kier molecular flexibility index (Phi) is 5.95. The predicted octanol–water partition coefficient (Wildman–Crippen LogP) is 1.51. The third-order valence-corrected chi connectivity index (χ3v) is 6.75. The highest BCUT2D eigenvalue weighted by molar-refractivity contribution is 7.87. The second-order valence-corrected chi connectivity index (χ2v) is 11.2. The maximum absolute atomic E-state index is 12.9. The lowest BCUT2D eigenvalue weighted by Gasteiger charge is -2.41. The van der Waals surface area contributed by atoms with Crippen molar-refractivity contribution in [2.24, 2.45) is 0 Å². The van der Waals surface area contributed by atoms with E-state index in [1.165, 1.54) is 27.7 Å². The van der Waals surface area contributed by atoms with Gasteiger partial charge in [-0.25, -0.2) is 0 Å². The lowest BCUT2D eigenvalue weighted by atomic mass is 9.85. The summed E-state index contributed by atoms with van der Waals surface area (Å²) in [5.74, 6) is -3.40. The normalized spacial score (nSPS) is 37.2. The van der Waals surface area contributed by atoms with Crippen molar-refractivity contribution in [2.45, 2.75) is 86.9 Å². The molecule has 0 bridgehead atoms. The van der Waals surface area contributed by atoms with Gasteiger partial charge in [-0.1, -0.05) is 0 Å². The van der Waals surface area contributed by atoms with Crippen LogP contribution in [0.3, 0.4) is 0 Å². The van der Waals surface area contributed by atoms with Crippen LogP contribution in [0, 0.1) is 0 Å². The molecule has 0 radical (unpaired) electrons. The summed E-state index contributed by atoms with van der Waals surface area (Å²) >= 11 is 0. The van der Waals surface area contributed by atoms with Crippen molar-refractivity contribution in [3.05, 3.63) is 0 Å². The average Bonchev–Trinajstić information content (AvgIpc) is 3.03. The van der Waals surface area contributed by atoms with Crippen LogP contribution in [0.5, 0.6) is 0 Å². The Bertz CT molecular complexity index is 851. The van der Waals surface area contributed by atoms with E-state index in [2.05, 4.69) is 8.37 Å². The van der Waals surface area contributed by atoms with Crippen molar-refractivity contribution >= 4 is 20.2 Å².